The van der Waals surface area contributed by atoms with Crippen LogP contribution in [0.5, 0.6) is 5.75 Å². The van der Waals surface area contributed by atoms with E-state index in [1.165, 1.54) is 55.8 Å². The van der Waals surface area contributed by atoms with Crippen molar-refractivity contribution in [1.29, 1.82) is 0 Å². The maximum absolute atomic E-state index is 14.3. The van der Waals surface area contributed by atoms with Crippen molar-refractivity contribution < 1.29 is 26.3 Å². The standard InChI is InChI=1S/C20H18F3N3O3S/c1-3-10-26-19(20(22)23)17(13-6-9-16(29-2)15(21)11-13)18(25-26)12-4-7-14(8-5-12)30(24,27)28/h3-11,20H,1-2H3,(H2,24,27,28). The highest BCUT2D eigenvalue weighted by molar-refractivity contribution is 7.89. The molecule has 0 bridgehead atoms. The molecular weight excluding hydrogens is 419 g/mol. The zero-order valence-electron chi connectivity index (χ0n) is 16.0. The molecule has 2 aromatic carbocycles. The number of allylic oxidation sites excluding steroid dienone is 1. The first kappa shape index (κ1) is 21.6. The smallest absolute Gasteiger partial charge is 0.281 e. The van der Waals surface area contributed by atoms with Gasteiger partial charge in [0.2, 0.25) is 10.0 Å². The molecule has 6 nitrogen and oxygen atoms in total. The monoisotopic (exact) mass is 437 g/mol. The van der Waals surface area contributed by atoms with Gasteiger partial charge in [-0.2, -0.15) is 5.10 Å². The van der Waals surface area contributed by atoms with Gasteiger partial charge in [-0.05, 0) is 36.8 Å². The molecule has 0 saturated carbocycles. The van der Waals surface area contributed by atoms with Crippen LogP contribution in [0, 0.1) is 5.82 Å². The molecule has 2 N–H and O–H groups in total. The third kappa shape index (κ3) is 4.10. The Balaban J connectivity index is 2.30. The number of alkyl halides is 2. The van der Waals surface area contributed by atoms with Crippen LogP contribution >= 0.6 is 0 Å². The second-order valence-corrected chi connectivity index (χ2v) is 7.82. The van der Waals surface area contributed by atoms with Gasteiger partial charge in [0.05, 0.1) is 12.0 Å². The van der Waals surface area contributed by atoms with Crippen molar-refractivity contribution in [3.63, 3.8) is 0 Å². The molecule has 0 amide bonds. The fraction of sp³-hybridized carbons (Fsp3) is 0.150. The minimum absolute atomic E-state index is 0.0213. The largest absolute Gasteiger partial charge is 0.494 e. The number of methoxy groups -OCH3 is 1. The molecular formula is C20H18F3N3O3S. The Morgan fingerprint density at radius 1 is 1.13 bits per heavy atom. The first-order valence-corrected chi connectivity index (χ1v) is 10.2. The quantitative estimate of drug-likeness (QED) is 0.618. The number of nitrogens with zero attached hydrogens (tertiary/aromatic N) is 2. The van der Waals surface area contributed by atoms with Gasteiger partial charge >= 0.3 is 0 Å². The van der Waals surface area contributed by atoms with Crippen molar-refractivity contribution in [2.45, 2.75) is 18.2 Å². The molecule has 30 heavy (non-hydrogen) atoms. The summed E-state index contributed by atoms with van der Waals surface area (Å²) in [6, 6.07) is 9.18. The third-order valence-corrected chi connectivity index (χ3v) is 5.27. The first-order valence-electron chi connectivity index (χ1n) is 8.68. The molecule has 0 spiro atoms. The number of ether oxygens (including phenoxy) is 1. The lowest BCUT2D eigenvalue weighted by Gasteiger charge is -2.09. The number of rotatable bonds is 6. The Hall–Kier alpha value is -3.11. The molecule has 0 aliphatic rings. The number of sulfonamides is 1. The van der Waals surface area contributed by atoms with E-state index >= 15 is 0 Å². The van der Waals surface area contributed by atoms with Crippen LogP contribution in [-0.4, -0.2) is 25.3 Å². The molecule has 0 unspecified atom stereocenters. The van der Waals surface area contributed by atoms with Crippen LogP contribution in [0.1, 0.15) is 19.0 Å². The summed E-state index contributed by atoms with van der Waals surface area (Å²) in [5.74, 6) is -0.748. The normalized spacial score (nSPS) is 12.1. The van der Waals surface area contributed by atoms with Crippen molar-refractivity contribution in [3.8, 4) is 28.1 Å². The molecule has 0 aliphatic heterocycles. The van der Waals surface area contributed by atoms with Gasteiger partial charge in [-0.15, -0.1) is 0 Å². The van der Waals surface area contributed by atoms with Gasteiger partial charge in [-0.1, -0.05) is 24.3 Å². The van der Waals surface area contributed by atoms with Crippen molar-refractivity contribution in [2.75, 3.05) is 7.11 Å². The van der Waals surface area contributed by atoms with E-state index in [-0.39, 0.29) is 27.5 Å². The van der Waals surface area contributed by atoms with Crippen molar-refractivity contribution in [2.24, 2.45) is 5.14 Å². The number of primary sulfonamides is 1. The summed E-state index contributed by atoms with van der Waals surface area (Å²) in [7, 11) is -2.63. The Labute approximate surface area is 171 Å². The van der Waals surface area contributed by atoms with Gasteiger partial charge in [0, 0.05) is 17.3 Å². The second-order valence-electron chi connectivity index (χ2n) is 6.26. The van der Waals surface area contributed by atoms with E-state index in [2.05, 4.69) is 5.10 Å². The lowest BCUT2D eigenvalue weighted by Crippen LogP contribution is -2.11. The summed E-state index contributed by atoms with van der Waals surface area (Å²) in [5, 5.41) is 9.36. The van der Waals surface area contributed by atoms with Crippen LogP contribution in [0.4, 0.5) is 13.2 Å². The fourth-order valence-corrected chi connectivity index (χ4v) is 3.54. The van der Waals surface area contributed by atoms with E-state index in [1.807, 2.05) is 0 Å². The number of benzene rings is 2. The molecule has 0 aliphatic carbocycles. The van der Waals surface area contributed by atoms with E-state index in [0.717, 1.165) is 10.7 Å². The number of hydrogen-bond acceptors (Lipinski definition) is 4. The average molecular weight is 437 g/mol. The second kappa shape index (κ2) is 8.33. The highest BCUT2D eigenvalue weighted by atomic mass is 32.2. The molecule has 0 saturated heterocycles. The average Bonchev–Trinajstić information content (AvgIpc) is 3.07. The van der Waals surface area contributed by atoms with Crippen molar-refractivity contribution >= 4 is 16.2 Å². The van der Waals surface area contributed by atoms with Crippen LogP contribution in [-0.2, 0) is 10.0 Å². The molecule has 10 heteroatoms. The van der Waals surface area contributed by atoms with Crippen LogP contribution < -0.4 is 9.88 Å². The summed E-state index contributed by atoms with van der Waals surface area (Å²) in [6.07, 6.45) is -0.0237. The van der Waals surface area contributed by atoms with Crippen LogP contribution in [0.15, 0.2) is 53.4 Å². The maximum Gasteiger partial charge on any atom is 0.281 e. The van der Waals surface area contributed by atoms with E-state index in [4.69, 9.17) is 9.88 Å². The fourth-order valence-electron chi connectivity index (χ4n) is 3.02. The highest BCUT2D eigenvalue weighted by Crippen LogP contribution is 2.40. The van der Waals surface area contributed by atoms with E-state index < -0.39 is 28.0 Å². The number of hydrogen-bond donors (Lipinski definition) is 1. The minimum Gasteiger partial charge on any atom is -0.494 e. The zero-order chi connectivity index (χ0) is 22.1. The molecule has 0 atom stereocenters. The summed E-state index contributed by atoms with van der Waals surface area (Å²) in [5.41, 5.74) is 0.258. The van der Waals surface area contributed by atoms with Gasteiger partial charge in [0.1, 0.15) is 11.4 Å². The number of aromatic nitrogens is 2. The SMILES string of the molecule is CC=Cn1nc(-c2ccc(S(N)(=O)=O)cc2)c(-c2ccc(OC)c(F)c2)c1C(F)F. The van der Waals surface area contributed by atoms with Crippen LogP contribution in [0.3, 0.4) is 0 Å². The number of nitrogens with two attached hydrogens (primary N) is 1. The summed E-state index contributed by atoms with van der Waals surface area (Å²) in [4.78, 5) is -0.134. The lowest BCUT2D eigenvalue weighted by atomic mass is 9.98. The first-order chi connectivity index (χ1) is 14.2. The minimum atomic E-state index is -3.92. The third-order valence-electron chi connectivity index (χ3n) is 4.34. The molecule has 1 aromatic heterocycles. The van der Waals surface area contributed by atoms with E-state index in [9.17, 15) is 21.6 Å². The van der Waals surface area contributed by atoms with Gasteiger partial charge in [-0.3, -0.25) is 0 Å². The lowest BCUT2D eigenvalue weighted by molar-refractivity contribution is 0.144. The topological polar surface area (TPSA) is 87.2 Å². The van der Waals surface area contributed by atoms with Gasteiger partial charge < -0.3 is 4.74 Å². The van der Waals surface area contributed by atoms with E-state index in [0.29, 0.717) is 5.56 Å². The van der Waals surface area contributed by atoms with E-state index in [1.54, 1.807) is 6.92 Å². The summed E-state index contributed by atoms with van der Waals surface area (Å²) in [6.45, 7) is 1.64. The summed E-state index contributed by atoms with van der Waals surface area (Å²) < 4.78 is 71.2. The maximum atomic E-state index is 14.3. The highest BCUT2D eigenvalue weighted by Gasteiger charge is 2.27. The Kier molecular flexibility index (Phi) is 5.99. The molecule has 3 aromatic rings. The molecule has 0 radical (unpaired) electrons. The van der Waals surface area contributed by atoms with Gasteiger partial charge in [0.15, 0.2) is 11.6 Å². The van der Waals surface area contributed by atoms with Crippen molar-refractivity contribution in [3.05, 3.63) is 60.1 Å². The van der Waals surface area contributed by atoms with Crippen LogP contribution in [0.25, 0.3) is 28.6 Å². The number of halogens is 3. The zero-order valence-corrected chi connectivity index (χ0v) is 16.8. The summed E-state index contributed by atoms with van der Waals surface area (Å²) >= 11 is 0. The Bertz CT molecular complexity index is 1200. The van der Waals surface area contributed by atoms with Crippen LogP contribution in [0.2, 0.25) is 0 Å². The Morgan fingerprint density at radius 3 is 2.27 bits per heavy atom. The molecule has 158 valence electrons. The molecule has 3 rings (SSSR count). The van der Waals surface area contributed by atoms with Gasteiger partial charge in [-0.25, -0.2) is 31.4 Å². The predicted octanol–water partition coefficient (Wildman–Crippen LogP) is 4.44. The predicted molar refractivity (Wildman–Crippen MR) is 107 cm³/mol. The van der Waals surface area contributed by atoms with Gasteiger partial charge in [0.25, 0.3) is 6.43 Å². The molecule has 1 heterocycles. The Morgan fingerprint density at radius 2 is 1.77 bits per heavy atom. The van der Waals surface area contributed by atoms with Crippen molar-refractivity contribution in [1.82, 2.24) is 9.78 Å². The molecule has 0 fully saturated rings.